The largest absolute Gasteiger partial charge is 0.481 e. The molecule has 0 aromatic heterocycles. The Morgan fingerprint density at radius 1 is 1.58 bits per heavy atom. The van der Waals surface area contributed by atoms with Crippen LogP contribution in [0.4, 0.5) is 5.69 Å². The van der Waals surface area contributed by atoms with Crippen molar-refractivity contribution in [3.8, 4) is 0 Å². The maximum Gasteiger partial charge on any atom is 0.304 e. The van der Waals surface area contributed by atoms with Crippen molar-refractivity contribution in [2.24, 2.45) is 0 Å². The SMILES string of the molecule is CC(CC(=O)O)S(=O)Cc1ccc([N+](=O)[O-])cc1Br. The number of nitro benzene ring substituents is 1. The predicted molar refractivity (Wildman–Crippen MR) is 74.4 cm³/mol. The number of carboxylic acid groups (broad SMARTS) is 1. The summed E-state index contributed by atoms with van der Waals surface area (Å²) < 4.78 is 12.4. The number of halogens is 1. The van der Waals surface area contributed by atoms with Gasteiger partial charge in [0.05, 0.1) is 11.3 Å². The number of hydrogen-bond donors (Lipinski definition) is 1. The Bertz CT molecular complexity index is 534. The molecule has 6 nitrogen and oxygen atoms in total. The van der Waals surface area contributed by atoms with Crippen LogP contribution in [-0.2, 0) is 21.3 Å². The molecule has 0 saturated carbocycles. The third-order valence-electron chi connectivity index (χ3n) is 2.46. The number of nitro groups is 1. The standard InChI is InChI=1S/C11H12BrNO5S/c1-7(4-11(14)15)19(18)6-8-2-3-9(13(16)17)5-10(8)12/h2-3,5,7H,4,6H2,1H3,(H,14,15). The Morgan fingerprint density at radius 2 is 2.21 bits per heavy atom. The molecule has 1 N–H and O–H groups in total. The molecule has 0 spiro atoms. The summed E-state index contributed by atoms with van der Waals surface area (Å²) in [5.41, 5.74) is 0.598. The predicted octanol–water partition coefficient (Wildman–Crippen LogP) is 2.47. The second-order valence-corrected chi connectivity index (χ2v) is 6.68. The molecule has 2 unspecified atom stereocenters. The van der Waals surface area contributed by atoms with Gasteiger partial charge in [-0.2, -0.15) is 0 Å². The lowest BCUT2D eigenvalue weighted by Crippen LogP contribution is -2.17. The minimum Gasteiger partial charge on any atom is -0.481 e. The van der Waals surface area contributed by atoms with E-state index in [1.54, 1.807) is 6.92 Å². The molecule has 0 heterocycles. The van der Waals surface area contributed by atoms with Crippen LogP contribution in [0.3, 0.4) is 0 Å². The summed E-state index contributed by atoms with van der Waals surface area (Å²) in [6.07, 6.45) is -0.169. The Hall–Kier alpha value is -1.28. The van der Waals surface area contributed by atoms with E-state index in [4.69, 9.17) is 5.11 Å². The number of hydrogen-bond acceptors (Lipinski definition) is 4. The molecule has 1 aromatic rings. The highest BCUT2D eigenvalue weighted by Crippen LogP contribution is 2.24. The van der Waals surface area contributed by atoms with Gasteiger partial charge in [-0.25, -0.2) is 0 Å². The first-order valence-electron chi connectivity index (χ1n) is 5.33. The molecule has 1 aromatic carbocycles. The van der Waals surface area contributed by atoms with Gasteiger partial charge in [-0.1, -0.05) is 28.9 Å². The van der Waals surface area contributed by atoms with E-state index in [9.17, 15) is 19.1 Å². The molecule has 0 fully saturated rings. The van der Waals surface area contributed by atoms with Gasteiger partial charge in [-0.05, 0) is 5.56 Å². The van der Waals surface area contributed by atoms with Crippen molar-refractivity contribution >= 4 is 38.4 Å². The first-order valence-corrected chi connectivity index (χ1v) is 7.50. The van der Waals surface area contributed by atoms with Crippen molar-refractivity contribution in [1.29, 1.82) is 0 Å². The molecular formula is C11H12BrNO5S. The molecule has 19 heavy (non-hydrogen) atoms. The Kier molecular flexibility index (Phi) is 5.61. The highest BCUT2D eigenvalue weighted by atomic mass is 79.9. The van der Waals surface area contributed by atoms with Crippen LogP contribution in [-0.4, -0.2) is 25.5 Å². The molecule has 0 bridgehead atoms. The summed E-state index contributed by atoms with van der Waals surface area (Å²) in [7, 11) is -1.34. The minimum atomic E-state index is -1.34. The van der Waals surface area contributed by atoms with Gasteiger partial charge >= 0.3 is 5.97 Å². The molecule has 0 radical (unpaired) electrons. The van der Waals surface area contributed by atoms with E-state index >= 15 is 0 Å². The minimum absolute atomic E-state index is 0.0556. The van der Waals surface area contributed by atoms with Gasteiger partial charge in [-0.3, -0.25) is 19.1 Å². The van der Waals surface area contributed by atoms with Crippen molar-refractivity contribution in [2.45, 2.75) is 24.3 Å². The van der Waals surface area contributed by atoms with Crippen LogP contribution in [0.15, 0.2) is 22.7 Å². The zero-order chi connectivity index (χ0) is 14.6. The average molecular weight is 350 g/mol. The Balaban J connectivity index is 2.80. The fraction of sp³-hybridized carbons (Fsp3) is 0.364. The van der Waals surface area contributed by atoms with Gasteiger partial charge in [-0.15, -0.1) is 0 Å². The quantitative estimate of drug-likeness (QED) is 0.628. The molecule has 0 amide bonds. The second kappa shape index (κ2) is 6.76. The monoisotopic (exact) mass is 349 g/mol. The van der Waals surface area contributed by atoms with Gasteiger partial charge in [0.1, 0.15) is 0 Å². The molecular weight excluding hydrogens is 338 g/mol. The highest BCUT2D eigenvalue weighted by Gasteiger charge is 2.17. The number of non-ortho nitro benzene ring substituents is 1. The third-order valence-corrected chi connectivity index (χ3v) is 4.85. The van der Waals surface area contributed by atoms with Crippen LogP contribution in [0.2, 0.25) is 0 Å². The first kappa shape index (κ1) is 15.8. The van der Waals surface area contributed by atoms with Crippen molar-refractivity contribution in [1.82, 2.24) is 0 Å². The number of carbonyl (C=O) groups is 1. The van der Waals surface area contributed by atoms with E-state index in [1.807, 2.05) is 0 Å². The normalized spacial score (nSPS) is 13.8. The third kappa shape index (κ3) is 4.71. The van der Waals surface area contributed by atoms with Crippen LogP contribution in [0.5, 0.6) is 0 Å². The number of benzene rings is 1. The lowest BCUT2D eigenvalue weighted by atomic mass is 10.2. The molecule has 0 aliphatic carbocycles. The van der Waals surface area contributed by atoms with Crippen molar-refractivity contribution in [2.75, 3.05) is 0 Å². The molecule has 2 atom stereocenters. The van der Waals surface area contributed by atoms with Crippen LogP contribution in [0, 0.1) is 10.1 Å². The van der Waals surface area contributed by atoms with Gasteiger partial charge in [0.2, 0.25) is 0 Å². The molecule has 8 heteroatoms. The molecule has 1 rings (SSSR count). The number of carboxylic acids is 1. The molecule has 0 aliphatic heterocycles. The summed E-state index contributed by atoms with van der Waals surface area (Å²) in [5.74, 6) is -0.837. The van der Waals surface area contributed by atoms with Crippen molar-refractivity contribution in [3.05, 3.63) is 38.3 Å². The number of nitrogens with zero attached hydrogens (tertiary/aromatic N) is 1. The Labute approximate surface area is 120 Å². The van der Waals surface area contributed by atoms with E-state index in [1.165, 1.54) is 18.2 Å². The van der Waals surface area contributed by atoms with Crippen LogP contribution < -0.4 is 0 Å². The van der Waals surface area contributed by atoms with E-state index in [2.05, 4.69) is 15.9 Å². The second-order valence-electron chi connectivity index (χ2n) is 3.97. The maximum absolute atomic E-state index is 11.9. The zero-order valence-electron chi connectivity index (χ0n) is 10.0. The molecule has 104 valence electrons. The number of aliphatic carboxylic acids is 1. The van der Waals surface area contributed by atoms with E-state index in [0.717, 1.165) is 0 Å². The van der Waals surface area contributed by atoms with Crippen LogP contribution in [0.25, 0.3) is 0 Å². The summed E-state index contributed by atoms with van der Waals surface area (Å²) in [4.78, 5) is 20.6. The fourth-order valence-electron chi connectivity index (χ4n) is 1.40. The fourth-order valence-corrected chi connectivity index (χ4v) is 3.26. The van der Waals surface area contributed by atoms with Crippen molar-refractivity contribution in [3.63, 3.8) is 0 Å². The first-order chi connectivity index (χ1) is 8.81. The van der Waals surface area contributed by atoms with Gasteiger partial charge < -0.3 is 5.11 Å². The Morgan fingerprint density at radius 3 is 2.68 bits per heavy atom. The topological polar surface area (TPSA) is 97.5 Å². The van der Waals surface area contributed by atoms with E-state index in [-0.39, 0.29) is 17.9 Å². The van der Waals surface area contributed by atoms with Crippen LogP contribution in [0.1, 0.15) is 18.9 Å². The van der Waals surface area contributed by atoms with Gasteiger partial charge in [0, 0.05) is 38.4 Å². The maximum atomic E-state index is 11.9. The molecule has 0 aliphatic rings. The smallest absolute Gasteiger partial charge is 0.304 e. The molecule has 0 saturated heterocycles. The number of rotatable bonds is 6. The highest BCUT2D eigenvalue weighted by molar-refractivity contribution is 9.10. The van der Waals surface area contributed by atoms with E-state index in [0.29, 0.717) is 10.0 Å². The lowest BCUT2D eigenvalue weighted by Gasteiger charge is -2.10. The average Bonchev–Trinajstić information content (AvgIpc) is 2.30. The van der Waals surface area contributed by atoms with Crippen LogP contribution >= 0.6 is 15.9 Å². The summed E-state index contributed by atoms with van der Waals surface area (Å²) in [5, 5.41) is 18.7. The summed E-state index contributed by atoms with van der Waals surface area (Å²) in [6.45, 7) is 1.60. The zero-order valence-corrected chi connectivity index (χ0v) is 12.4. The lowest BCUT2D eigenvalue weighted by molar-refractivity contribution is -0.384. The van der Waals surface area contributed by atoms with Gasteiger partial charge in [0.15, 0.2) is 0 Å². The summed E-state index contributed by atoms with van der Waals surface area (Å²) >= 11 is 3.19. The van der Waals surface area contributed by atoms with Gasteiger partial charge in [0.25, 0.3) is 5.69 Å². The van der Waals surface area contributed by atoms with Crippen molar-refractivity contribution < 1.29 is 19.0 Å². The summed E-state index contributed by atoms with van der Waals surface area (Å²) in [6, 6.07) is 4.20. The van der Waals surface area contributed by atoms with E-state index < -0.39 is 26.9 Å².